The van der Waals surface area contributed by atoms with E-state index in [1.807, 2.05) is 66.7 Å². The van der Waals surface area contributed by atoms with Crippen LogP contribution in [0.25, 0.3) is 34.9 Å². The fourth-order valence-corrected chi connectivity index (χ4v) is 4.06. The Morgan fingerprint density at radius 2 is 1.18 bits per heavy atom. The van der Waals surface area contributed by atoms with Crippen LogP contribution < -0.4 is 0 Å². The van der Waals surface area contributed by atoms with Crippen molar-refractivity contribution in [3.8, 4) is 22.8 Å². The molecule has 0 aliphatic carbocycles. The molecule has 0 saturated carbocycles. The Kier molecular flexibility index (Phi) is 7.81. The Labute approximate surface area is 232 Å². The van der Waals surface area contributed by atoms with Crippen molar-refractivity contribution in [3.63, 3.8) is 0 Å². The van der Waals surface area contributed by atoms with Crippen LogP contribution in [0.3, 0.4) is 0 Å². The lowest BCUT2D eigenvalue weighted by Gasteiger charge is -2.18. The van der Waals surface area contributed by atoms with Crippen LogP contribution in [0.2, 0.25) is 5.15 Å². The molecule has 4 aromatic rings. The molecule has 0 N–H and O–H groups in total. The summed E-state index contributed by atoms with van der Waals surface area (Å²) in [6, 6.07) is 22.4. The van der Waals surface area contributed by atoms with Crippen LogP contribution in [0.1, 0.15) is 22.3 Å². The second kappa shape index (κ2) is 10.3. The minimum absolute atomic E-state index is 0.125. The van der Waals surface area contributed by atoms with E-state index in [0.29, 0.717) is 22.6 Å². The maximum absolute atomic E-state index is 6.40. The molecule has 1 heterocycles. The summed E-state index contributed by atoms with van der Waals surface area (Å²) in [6.07, 6.45) is 4.06. The number of aromatic nitrogens is 1. The topological polar surface area (TPSA) is 26.0 Å². The van der Waals surface area contributed by atoms with Gasteiger partial charge < -0.3 is 4.42 Å². The van der Waals surface area contributed by atoms with Gasteiger partial charge in [-0.15, -0.1) is 0 Å². The number of rotatable bonds is 4. The smallest absolute Gasteiger partial charge is 0.228 e. The molecule has 3 aromatic carbocycles. The first-order valence-electron chi connectivity index (χ1n) is 9.80. The third-order valence-corrected chi connectivity index (χ3v) is 6.43. The van der Waals surface area contributed by atoms with E-state index in [-0.39, 0.29) is 10.9 Å². The van der Waals surface area contributed by atoms with Gasteiger partial charge in [0.15, 0.2) is 10.9 Å². The first kappa shape index (κ1) is 25.7. The number of hydrogen-bond acceptors (Lipinski definition) is 2. The number of hydrogen-bond donors (Lipinski definition) is 0. The molecule has 9 heteroatoms. The third kappa shape index (κ3) is 6.25. The monoisotopic (exact) mass is 589 g/mol. The lowest BCUT2D eigenvalue weighted by atomic mass is 10.1. The highest BCUT2D eigenvalue weighted by molar-refractivity contribution is 6.67. The van der Waals surface area contributed by atoms with Crippen LogP contribution in [0, 0.1) is 0 Å². The van der Waals surface area contributed by atoms with Crippen LogP contribution in [0.15, 0.2) is 77.2 Å². The fraction of sp³-hybridized carbons (Fsp3) is 0.0800. The van der Waals surface area contributed by atoms with Crippen molar-refractivity contribution in [2.24, 2.45) is 0 Å². The van der Waals surface area contributed by atoms with Gasteiger partial charge in [-0.2, -0.15) is 4.98 Å². The summed E-state index contributed by atoms with van der Waals surface area (Å²) in [6.45, 7) is 0. The maximum atomic E-state index is 6.40. The Morgan fingerprint density at radius 1 is 0.647 bits per heavy atom. The van der Waals surface area contributed by atoms with Crippen LogP contribution in [0.5, 0.6) is 0 Å². The Hall–Kier alpha value is -1.36. The van der Waals surface area contributed by atoms with Crippen LogP contribution in [-0.2, 0) is 7.59 Å². The van der Waals surface area contributed by atoms with E-state index in [1.54, 1.807) is 12.1 Å². The number of halogens is 7. The lowest BCUT2D eigenvalue weighted by Crippen LogP contribution is -2.06. The van der Waals surface area contributed by atoms with E-state index < -0.39 is 7.59 Å². The van der Waals surface area contributed by atoms with Crippen molar-refractivity contribution in [2.75, 3.05) is 0 Å². The summed E-state index contributed by atoms with van der Waals surface area (Å²) in [5.41, 5.74) is 3.91. The number of benzene rings is 3. The van der Waals surface area contributed by atoms with E-state index in [9.17, 15) is 0 Å². The molecule has 0 spiro atoms. The SMILES string of the molecule is Clc1nc(-c2ccc(/C=C/c3ccccc3)cc2)oc1-c1cc(C(Cl)(Cl)Cl)cc(C(Cl)(Cl)Cl)c1. The average molecular weight is 593 g/mol. The Balaban J connectivity index is 1.66. The molecule has 4 rings (SSSR count). The molecule has 0 amide bonds. The van der Waals surface area contributed by atoms with Gasteiger partial charge in [-0.05, 0) is 41.5 Å². The fourth-order valence-electron chi connectivity index (χ4n) is 3.18. The number of nitrogens with zero attached hydrogens (tertiary/aromatic N) is 1. The normalized spacial score (nSPS) is 12.4. The minimum Gasteiger partial charge on any atom is -0.434 e. The quantitative estimate of drug-likeness (QED) is 0.174. The van der Waals surface area contributed by atoms with Gasteiger partial charge in [0.25, 0.3) is 0 Å². The highest BCUT2D eigenvalue weighted by atomic mass is 35.6. The van der Waals surface area contributed by atoms with Crippen molar-refractivity contribution in [1.82, 2.24) is 4.98 Å². The summed E-state index contributed by atoms with van der Waals surface area (Å²) >= 11 is 42.9. The molecule has 174 valence electrons. The van der Waals surface area contributed by atoms with Gasteiger partial charge in [0.2, 0.25) is 13.5 Å². The van der Waals surface area contributed by atoms with Gasteiger partial charge in [0.1, 0.15) is 0 Å². The van der Waals surface area contributed by atoms with Gasteiger partial charge in [-0.25, -0.2) is 0 Å². The molecule has 0 saturated heterocycles. The second-order valence-electron chi connectivity index (χ2n) is 7.30. The second-order valence-corrected chi connectivity index (χ2v) is 12.2. The van der Waals surface area contributed by atoms with Gasteiger partial charge >= 0.3 is 0 Å². The summed E-state index contributed by atoms with van der Waals surface area (Å²) in [5, 5.41) is 0.125. The largest absolute Gasteiger partial charge is 0.434 e. The molecule has 0 fully saturated rings. The van der Waals surface area contributed by atoms with Crippen molar-refractivity contribution in [2.45, 2.75) is 7.59 Å². The molecule has 0 aliphatic rings. The van der Waals surface area contributed by atoms with E-state index in [2.05, 4.69) is 4.98 Å². The summed E-state index contributed by atoms with van der Waals surface area (Å²) in [4.78, 5) is 4.35. The first-order valence-corrected chi connectivity index (χ1v) is 12.4. The molecule has 34 heavy (non-hydrogen) atoms. The molecule has 0 aliphatic heterocycles. The van der Waals surface area contributed by atoms with Crippen LogP contribution >= 0.6 is 81.2 Å². The zero-order chi connectivity index (χ0) is 24.5. The van der Waals surface area contributed by atoms with E-state index in [4.69, 9.17) is 85.6 Å². The van der Waals surface area contributed by atoms with E-state index in [1.165, 1.54) is 6.07 Å². The van der Waals surface area contributed by atoms with Crippen LogP contribution in [-0.4, -0.2) is 4.98 Å². The molecule has 1 aromatic heterocycles. The lowest BCUT2D eigenvalue weighted by molar-refractivity contribution is 0.588. The van der Waals surface area contributed by atoms with Crippen molar-refractivity contribution < 1.29 is 4.42 Å². The third-order valence-electron chi connectivity index (χ3n) is 4.86. The molecular formula is C25H14Cl7NO. The predicted octanol–water partition coefficient (Wildman–Crippen LogP) is 10.5. The maximum Gasteiger partial charge on any atom is 0.228 e. The van der Waals surface area contributed by atoms with Crippen LogP contribution in [0.4, 0.5) is 0 Å². The molecule has 0 bridgehead atoms. The molecule has 0 radical (unpaired) electrons. The first-order chi connectivity index (χ1) is 16.0. The molecule has 0 unspecified atom stereocenters. The van der Waals surface area contributed by atoms with Gasteiger partial charge in [-0.1, -0.05) is 136 Å². The number of oxazole rings is 1. The molecule has 2 nitrogen and oxygen atoms in total. The average Bonchev–Trinajstić information content (AvgIpc) is 3.19. The van der Waals surface area contributed by atoms with Gasteiger partial charge in [-0.3, -0.25) is 0 Å². The molecule has 0 atom stereocenters. The molecular weight excluding hydrogens is 578 g/mol. The van der Waals surface area contributed by atoms with Crippen molar-refractivity contribution in [3.05, 3.63) is 100 Å². The van der Waals surface area contributed by atoms with Gasteiger partial charge in [0.05, 0.1) is 0 Å². The van der Waals surface area contributed by atoms with E-state index in [0.717, 1.165) is 16.7 Å². The zero-order valence-electron chi connectivity index (χ0n) is 17.1. The Morgan fingerprint density at radius 3 is 1.71 bits per heavy atom. The highest BCUT2D eigenvalue weighted by Gasteiger charge is 2.30. The van der Waals surface area contributed by atoms with Crippen molar-refractivity contribution in [1.29, 1.82) is 0 Å². The minimum atomic E-state index is -1.75. The van der Waals surface area contributed by atoms with Crippen molar-refractivity contribution >= 4 is 93.4 Å². The van der Waals surface area contributed by atoms with E-state index >= 15 is 0 Å². The highest BCUT2D eigenvalue weighted by Crippen LogP contribution is 2.46. The summed E-state index contributed by atoms with van der Waals surface area (Å²) < 4.78 is 2.47. The zero-order valence-corrected chi connectivity index (χ0v) is 22.4. The summed E-state index contributed by atoms with van der Waals surface area (Å²) in [7, 11) is 0. The standard InChI is InChI=1S/C25H14Cl7NO/c26-22-21(18-12-19(24(27,28)29)14-20(13-18)25(30,31)32)34-23(33-22)17-10-8-16(9-11-17)7-6-15-4-2-1-3-5-15/h1-14H/b7-6+. The van der Waals surface area contributed by atoms with Gasteiger partial charge in [0, 0.05) is 22.3 Å². The predicted molar refractivity (Wildman–Crippen MR) is 146 cm³/mol. The Bertz CT molecular complexity index is 1290. The number of alkyl halides is 6. The summed E-state index contributed by atoms with van der Waals surface area (Å²) in [5.74, 6) is 0.588.